The average Bonchev–Trinajstić information content (AvgIpc) is 2.46. The Morgan fingerprint density at radius 2 is 1.32 bits per heavy atom. The lowest BCUT2D eigenvalue weighted by atomic mass is 9.88. The van der Waals surface area contributed by atoms with Crippen LogP contribution in [0, 0.1) is 0 Å². The monoisotopic (exact) mass is 307 g/mol. The van der Waals surface area contributed by atoms with E-state index in [1.54, 1.807) is 0 Å². The Morgan fingerprint density at radius 1 is 0.818 bits per heavy atom. The first-order valence-electron chi connectivity index (χ1n) is 8.97. The maximum absolute atomic E-state index is 6.44. The maximum atomic E-state index is 6.44. The van der Waals surface area contributed by atoms with E-state index in [1.807, 2.05) is 0 Å². The summed E-state index contributed by atoms with van der Waals surface area (Å²) in [6, 6.07) is 10.6. The highest BCUT2D eigenvalue weighted by Gasteiger charge is 2.18. The van der Waals surface area contributed by atoms with E-state index in [2.05, 4.69) is 44.2 Å². The van der Waals surface area contributed by atoms with Crippen molar-refractivity contribution in [2.24, 2.45) is 5.73 Å². The maximum Gasteiger partial charge on any atom is 0.0166 e. The molecule has 0 fully saturated rings. The van der Waals surface area contributed by atoms with Crippen molar-refractivity contribution >= 4 is 0 Å². The molecule has 0 aliphatic carbocycles. The van der Waals surface area contributed by atoms with Crippen LogP contribution in [0.1, 0.15) is 83.6 Å². The van der Waals surface area contributed by atoms with E-state index in [0.717, 1.165) is 12.8 Å². The Kier molecular flexibility index (Phi) is 12.2. The van der Waals surface area contributed by atoms with Gasteiger partial charge in [0.15, 0.2) is 0 Å². The number of hydrogen-bond donors (Lipinski definition) is 1. The normalized spacial score (nSPS) is 13.4. The third kappa shape index (κ3) is 10.8. The summed E-state index contributed by atoms with van der Waals surface area (Å²) >= 11 is 0. The van der Waals surface area contributed by atoms with Crippen molar-refractivity contribution in [3.05, 3.63) is 35.9 Å². The smallest absolute Gasteiger partial charge is 0.0166 e. The third-order valence-corrected chi connectivity index (χ3v) is 4.30. The Morgan fingerprint density at radius 3 is 1.86 bits per heavy atom. The van der Waals surface area contributed by atoms with Gasteiger partial charge in [-0.3, -0.25) is 0 Å². The zero-order valence-corrected chi connectivity index (χ0v) is 14.7. The van der Waals surface area contributed by atoms with Gasteiger partial charge in [0.2, 0.25) is 0 Å². The molecule has 1 atom stereocenters. The molecule has 1 aromatic carbocycles. The van der Waals surface area contributed by atoms with Gasteiger partial charge in [0, 0.05) is 5.54 Å². The van der Waals surface area contributed by atoms with E-state index in [1.165, 1.54) is 63.4 Å². The molecule has 1 rings (SSSR count). The largest absolute Gasteiger partial charge is 0.412 e. The molecule has 4 N–H and O–H groups in total. The van der Waals surface area contributed by atoms with Gasteiger partial charge >= 0.3 is 0 Å². The highest BCUT2D eigenvalue weighted by atomic mass is 16.0. The number of unbranched alkanes of at least 4 members (excludes halogenated alkanes) is 8. The van der Waals surface area contributed by atoms with Crippen LogP contribution in [0.5, 0.6) is 0 Å². The minimum absolute atomic E-state index is 0. The molecule has 22 heavy (non-hydrogen) atoms. The Bertz CT molecular complexity index is 348. The van der Waals surface area contributed by atoms with Crippen LogP contribution in [0.3, 0.4) is 0 Å². The van der Waals surface area contributed by atoms with Gasteiger partial charge in [-0.2, -0.15) is 0 Å². The molecular formula is C20H37NO. The van der Waals surface area contributed by atoms with Gasteiger partial charge in [0.05, 0.1) is 0 Å². The Hall–Kier alpha value is -0.860. The Balaban J connectivity index is 0.00000441. The zero-order valence-electron chi connectivity index (χ0n) is 14.7. The summed E-state index contributed by atoms with van der Waals surface area (Å²) in [4.78, 5) is 0. The first-order chi connectivity index (χ1) is 10.1. The highest BCUT2D eigenvalue weighted by Crippen LogP contribution is 2.19. The first-order valence-corrected chi connectivity index (χ1v) is 8.97. The fourth-order valence-electron chi connectivity index (χ4n) is 2.99. The summed E-state index contributed by atoms with van der Waals surface area (Å²) in [5.41, 5.74) is 7.75. The molecule has 0 aromatic heterocycles. The lowest BCUT2D eigenvalue weighted by molar-refractivity contribution is 0.403. The molecule has 0 bridgehead atoms. The van der Waals surface area contributed by atoms with E-state index in [0.29, 0.717) is 0 Å². The van der Waals surface area contributed by atoms with Crippen molar-refractivity contribution in [3.8, 4) is 0 Å². The van der Waals surface area contributed by atoms with E-state index in [4.69, 9.17) is 5.73 Å². The standard InChI is InChI=1S/C20H35N.H2O/c1-3-4-5-6-7-8-9-10-14-17-20(2,21)18-19-15-12-11-13-16-19;/h11-13,15-16H,3-10,14,17-18,21H2,1-2H3;1H2. The summed E-state index contributed by atoms with van der Waals surface area (Å²) in [6.45, 7) is 4.48. The molecule has 2 nitrogen and oxygen atoms in total. The first kappa shape index (κ1) is 21.1. The topological polar surface area (TPSA) is 57.5 Å². The number of rotatable bonds is 12. The SMILES string of the molecule is CCCCCCCCCCCC(C)(N)Cc1ccccc1.O. The van der Waals surface area contributed by atoms with Crippen LogP contribution in [0.4, 0.5) is 0 Å². The van der Waals surface area contributed by atoms with Gasteiger partial charge in [-0.1, -0.05) is 95.0 Å². The summed E-state index contributed by atoms with van der Waals surface area (Å²) in [7, 11) is 0. The van der Waals surface area contributed by atoms with E-state index in [9.17, 15) is 0 Å². The molecule has 2 heteroatoms. The van der Waals surface area contributed by atoms with Gasteiger partial charge in [0.1, 0.15) is 0 Å². The summed E-state index contributed by atoms with van der Waals surface area (Å²) in [5, 5.41) is 0. The van der Waals surface area contributed by atoms with Crippen LogP contribution in [-0.4, -0.2) is 11.0 Å². The minimum atomic E-state index is -0.0531. The van der Waals surface area contributed by atoms with Crippen LogP contribution in [0.2, 0.25) is 0 Å². The molecule has 0 amide bonds. The van der Waals surface area contributed by atoms with Gasteiger partial charge < -0.3 is 11.2 Å². The van der Waals surface area contributed by atoms with Gasteiger partial charge in [-0.15, -0.1) is 0 Å². The van der Waals surface area contributed by atoms with Crippen LogP contribution < -0.4 is 5.73 Å². The molecule has 0 heterocycles. The van der Waals surface area contributed by atoms with Crippen molar-refractivity contribution in [3.63, 3.8) is 0 Å². The Labute approximate surface area is 137 Å². The van der Waals surface area contributed by atoms with Crippen molar-refractivity contribution in [2.75, 3.05) is 0 Å². The number of hydrogen-bond acceptors (Lipinski definition) is 1. The summed E-state index contributed by atoms with van der Waals surface area (Å²) in [5.74, 6) is 0. The molecule has 0 aliphatic heterocycles. The van der Waals surface area contributed by atoms with Crippen LogP contribution in [-0.2, 0) is 6.42 Å². The van der Waals surface area contributed by atoms with Gasteiger partial charge in [-0.05, 0) is 25.3 Å². The van der Waals surface area contributed by atoms with Crippen LogP contribution >= 0.6 is 0 Å². The number of benzene rings is 1. The molecule has 0 aliphatic rings. The average molecular weight is 308 g/mol. The second kappa shape index (κ2) is 12.7. The quantitative estimate of drug-likeness (QED) is 0.540. The highest BCUT2D eigenvalue weighted by molar-refractivity contribution is 5.17. The minimum Gasteiger partial charge on any atom is -0.412 e. The lowest BCUT2D eigenvalue weighted by Crippen LogP contribution is -2.38. The predicted molar refractivity (Wildman–Crippen MR) is 98.2 cm³/mol. The van der Waals surface area contributed by atoms with Crippen molar-refractivity contribution in [2.45, 2.75) is 90.0 Å². The molecule has 1 unspecified atom stereocenters. The van der Waals surface area contributed by atoms with E-state index < -0.39 is 0 Å². The van der Waals surface area contributed by atoms with Crippen LogP contribution in [0.25, 0.3) is 0 Å². The second-order valence-electron chi connectivity index (χ2n) is 6.89. The fraction of sp³-hybridized carbons (Fsp3) is 0.700. The van der Waals surface area contributed by atoms with E-state index >= 15 is 0 Å². The second-order valence-corrected chi connectivity index (χ2v) is 6.89. The summed E-state index contributed by atoms with van der Waals surface area (Å²) < 4.78 is 0. The lowest BCUT2D eigenvalue weighted by Gasteiger charge is -2.24. The zero-order chi connectivity index (χ0) is 15.4. The van der Waals surface area contributed by atoms with Gasteiger partial charge in [0.25, 0.3) is 0 Å². The molecule has 0 spiro atoms. The van der Waals surface area contributed by atoms with Gasteiger partial charge in [-0.25, -0.2) is 0 Å². The molecule has 0 saturated heterocycles. The summed E-state index contributed by atoms with van der Waals surface area (Å²) in [6.07, 6.45) is 14.6. The van der Waals surface area contributed by atoms with E-state index in [-0.39, 0.29) is 11.0 Å². The molecule has 0 saturated carbocycles. The fourth-order valence-corrected chi connectivity index (χ4v) is 2.99. The van der Waals surface area contributed by atoms with Crippen molar-refractivity contribution < 1.29 is 5.48 Å². The molecular weight excluding hydrogens is 270 g/mol. The van der Waals surface area contributed by atoms with Crippen LogP contribution in [0.15, 0.2) is 30.3 Å². The van der Waals surface area contributed by atoms with Crippen molar-refractivity contribution in [1.29, 1.82) is 0 Å². The number of nitrogens with two attached hydrogens (primary N) is 1. The van der Waals surface area contributed by atoms with Crippen molar-refractivity contribution in [1.82, 2.24) is 0 Å². The molecule has 0 radical (unpaired) electrons. The molecule has 128 valence electrons. The predicted octanol–water partition coefficient (Wildman–Crippen LogP) is 5.04. The molecule has 1 aromatic rings. The third-order valence-electron chi connectivity index (χ3n) is 4.30.